The van der Waals surface area contributed by atoms with E-state index in [-0.39, 0.29) is 17.5 Å². The van der Waals surface area contributed by atoms with Crippen molar-refractivity contribution in [2.45, 2.75) is 56.3 Å². The van der Waals surface area contributed by atoms with Gasteiger partial charge in [-0.3, -0.25) is 14.4 Å². The van der Waals surface area contributed by atoms with Gasteiger partial charge >= 0.3 is 5.97 Å². The summed E-state index contributed by atoms with van der Waals surface area (Å²) in [6, 6.07) is 16.3. The highest BCUT2D eigenvalue weighted by Gasteiger charge is 2.50. The largest absolute Gasteiger partial charge is 0.482 e. The van der Waals surface area contributed by atoms with Gasteiger partial charge < -0.3 is 14.7 Å². The molecule has 0 bridgehead atoms. The monoisotopic (exact) mass is 703 g/mol. The second kappa shape index (κ2) is 14.6. The highest BCUT2D eigenvalue weighted by atomic mass is 35.5. The van der Waals surface area contributed by atoms with Gasteiger partial charge in [-0.25, -0.2) is 23.0 Å². The Kier molecular flexibility index (Phi) is 10.8. The Bertz CT molecular complexity index is 1770. The fourth-order valence-electron chi connectivity index (χ4n) is 6.48. The molecule has 1 aliphatic carbocycles. The van der Waals surface area contributed by atoms with Gasteiger partial charge in [0.2, 0.25) is 10.0 Å². The predicted molar refractivity (Wildman–Crippen MR) is 176 cm³/mol. The minimum atomic E-state index is -3.61. The Hall–Kier alpha value is -3.68. The van der Waals surface area contributed by atoms with Crippen LogP contribution < -0.4 is 10.2 Å². The SMILES string of the molecule is CN([C@H]1CCCC[C@@H]1N1C(=O)c2ccccc2[C@@H](C(=O)NOCc2cccc(OCC(=O)O)c2)[C@@H]1c1ccc(Cl)cc1Cl)S(C)(=O)=O. The molecule has 2 amide bonds. The zero-order valence-corrected chi connectivity index (χ0v) is 28.1. The minimum Gasteiger partial charge on any atom is -0.482 e. The van der Waals surface area contributed by atoms with Crippen LogP contribution in [0.1, 0.15) is 64.7 Å². The molecule has 3 aromatic carbocycles. The number of rotatable bonds is 11. The molecule has 47 heavy (non-hydrogen) atoms. The number of amides is 2. The lowest BCUT2D eigenvalue weighted by atomic mass is 9.76. The van der Waals surface area contributed by atoms with E-state index in [9.17, 15) is 22.8 Å². The predicted octanol–water partition coefficient (Wildman–Crippen LogP) is 5.19. The minimum absolute atomic E-state index is 0.0662. The molecule has 3 aromatic rings. The molecule has 250 valence electrons. The topological polar surface area (TPSA) is 143 Å². The number of hydrogen-bond acceptors (Lipinski definition) is 7. The summed E-state index contributed by atoms with van der Waals surface area (Å²) in [6.45, 7) is -0.572. The maximum Gasteiger partial charge on any atom is 0.341 e. The van der Waals surface area contributed by atoms with E-state index < -0.39 is 52.6 Å². The molecular weight excluding hydrogens is 669 g/mol. The molecular formula is C33H35Cl2N3O8S. The third kappa shape index (κ3) is 7.73. The number of carbonyl (C=O) groups excluding carboxylic acids is 2. The van der Waals surface area contributed by atoms with Gasteiger partial charge in [-0.15, -0.1) is 0 Å². The summed E-state index contributed by atoms with van der Waals surface area (Å²) in [5, 5.41) is 9.53. The first-order valence-corrected chi connectivity index (χ1v) is 17.6. The molecule has 2 N–H and O–H groups in total. The first-order valence-electron chi connectivity index (χ1n) is 15.0. The number of fused-ring (bicyclic) bond motifs is 1. The van der Waals surface area contributed by atoms with Crippen LogP contribution >= 0.6 is 23.2 Å². The highest BCUT2D eigenvalue weighted by molar-refractivity contribution is 7.88. The van der Waals surface area contributed by atoms with Crippen LogP contribution in [-0.2, 0) is 31.1 Å². The summed E-state index contributed by atoms with van der Waals surface area (Å²) in [4.78, 5) is 46.9. The van der Waals surface area contributed by atoms with E-state index in [0.29, 0.717) is 45.9 Å². The Morgan fingerprint density at radius 2 is 1.77 bits per heavy atom. The number of carbonyl (C=O) groups is 3. The van der Waals surface area contributed by atoms with E-state index in [4.69, 9.17) is 37.9 Å². The first kappa shape index (κ1) is 34.6. The van der Waals surface area contributed by atoms with Gasteiger partial charge in [-0.2, -0.15) is 0 Å². The van der Waals surface area contributed by atoms with Gasteiger partial charge in [0.25, 0.3) is 11.8 Å². The number of nitrogens with zero attached hydrogens (tertiary/aromatic N) is 2. The number of carboxylic acids is 1. The number of halogens is 2. The Morgan fingerprint density at radius 3 is 2.49 bits per heavy atom. The third-order valence-corrected chi connectivity index (χ3v) is 10.5. The molecule has 1 saturated carbocycles. The normalized spacial score (nSPS) is 21.3. The number of hydrogen-bond donors (Lipinski definition) is 2. The molecule has 0 spiro atoms. The summed E-state index contributed by atoms with van der Waals surface area (Å²) in [7, 11) is -2.09. The lowest BCUT2D eigenvalue weighted by Gasteiger charge is -2.50. The van der Waals surface area contributed by atoms with Crippen LogP contribution in [0.5, 0.6) is 5.75 Å². The standard InChI is InChI=1S/C33H35Cl2N3O8S/c1-37(47(2,43)44)27-12-5-6-13-28(27)38-31(25-15-14-21(34)17-26(25)35)30(23-10-3-4-11-24(23)33(38)42)32(41)36-46-18-20-8-7-9-22(16-20)45-19-29(39)40/h3-4,7-11,14-17,27-28,30-31H,5-6,12-13,18-19H2,1-2H3,(H,36,41)(H,39,40)/t27-,28-,30+,31-/m0/s1. The van der Waals surface area contributed by atoms with Gasteiger partial charge in [-0.05, 0) is 59.9 Å². The van der Waals surface area contributed by atoms with Crippen LogP contribution in [0.4, 0.5) is 0 Å². The summed E-state index contributed by atoms with van der Waals surface area (Å²) in [5.74, 6) is -2.67. The van der Waals surface area contributed by atoms with Crippen molar-refractivity contribution < 1.29 is 37.5 Å². The summed E-state index contributed by atoms with van der Waals surface area (Å²) >= 11 is 13.0. The number of benzene rings is 3. The quantitative estimate of drug-likeness (QED) is 0.260. The zero-order chi connectivity index (χ0) is 33.9. The zero-order valence-electron chi connectivity index (χ0n) is 25.8. The summed E-state index contributed by atoms with van der Waals surface area (Å²) < 4.78 is 32.1. The fraction of sp³-hybridized carbons (Fsp3) is 0.364. The van der Waals surface area contributed by atoms with E-state index in [0.717, 1.165) is 19.1 Å². The molecule has 1 fully saturated rings. The number of carboxylic acid groups (broad SMARTS) is 1. The van der Waals surface area contributed by atoms with E-state index >= 15 is 0 Å². The molecule has 11 nitrogen and oxygen atoms in total. The number of hydroxylamine groups is 1. The molecule has 4 atom stereocenters. The maximum atomic E-state index is 14.5. The van der Waals surface area contributed by atoms with Crippen molar-refractivity contribution in [3.05, 3.63) is 99.0 Å². The molecule has 0 unspecified atom stereocenters. The summed E-state index contributed by atoms with van der Waals surface area (Å²) in [6.07, 6.45) is 3.75. The molecule has 0 radical (unpaired) electrons. The number of likely N-dealkylation sites (N-methyl/N-ethyl adjacent to an activating group) is 1. The lowest BCUT2D eigenvalue weighted by molar-refractivity contribution is -0.139. The summed E-state index contributed by atoms with van der Waals surface area (Å²) in [5.41, 5.74) is 4.44. The molecule has 0 aromatic heterocycles. The maximum absolute atomic E-state index is 14.5. The third-order valence-electron chi connectivity index (χ3n) is 8.65. The van der Waals surface area contributed by atoms with Gasteiger partial charge in [0.15, 0.2) is 6.61 Å². The van der Waals surface area contributed by atoms with Crippen LogP contribution in [0.2, 0.25) is 10.0 Å². The van der Waals surface area contributed by atoms with Crippen molar-refractivity contribution in [2.75, 3.05) is 19.9 Å². The van der Waals surface area contributed by atoms with Crippen LogP contribution in [0.3, 0.4) is 0 Å². The molecule has 5 rings (SSSR count). The fourth-order valence-corrected chi connectivity index (χ4v) is 7.74. The van der Waals surface area contributed by atoms with E-state index in [2.05, 4.69) is 5.48 Å². The first-order chi connectivity index (χ1) is 22.4. The van der Waals surface area contributed by atoms with Gasteiger partial charge in [0, 0.05) is 34.7 Å². The molecule has 1 heterocycles. The Morgan fingerprint density at radius 1 is 1.02 bits per heavy atom. The van der Waals surface area contributed by atoms with E-state index in [1.165, 1.54) is 11.4 Å². The van der Waals surface area contributed by atoms with Crippen molar-refractivity contribution in [1.29, 1.82) is 0 Å². The van der Waals surface area contributed by atoms with Crippen LogP contribution in [0.15, 0.2) is 66.7 Å². The van der Waals surface area contributed by atoms with Crippen molar-refractivity contribution >= 4 is 51.0 Å². The second-order valence-electron chi connectivity index (χ2n) is 11.7. The Balaban J connectivity index is 1.53. The number of sulfonamides is 1. The average Bonchev–Trinajstić information content (AvgIpc) is 3.03. The number of nitrogens with one attached hydrogen (secondary N) is 1. The smallest absolute Gasteiger partial charge is 0.341 e. The van der Waals surface area contributed by atoms with E-state index in [1.54, 1.807) is 71.6 Å². The second-order valence-corrected chi connectivity index (χ2v) is 14.6. The number of aliphatic carboxylic acids is 1. The molecule has 1 aliphatic heterocycles. The van der Waals surface area contributed by atoms with Gasteiger partial charge in [0.1, 0.15) is 5.75 Å². The lowest BCUT2D eigenvalue weighted by Crippen LogP contribution is -2.59. The van der Waals surface area contributed by atoms with Crippen LogP contribution in [-0.4, -0.2) is 72.5 Å². The molecule has 0 saturated heterocycles. The number of ether oxygens (including phenoxy) is 1. The Labute approximate surface area is 283 Å². The molecule has 14 heteroatoms. The van der Waals surface area contributed by atoms with Crippen molar-refractivity contribution in [3.63, 3.8) is 0 Å². The van der Waals surface area contributed by atoms with Gasteiger partial charge in [0.05, 0.1) is 24.8 Å². The van der Waals surface area contributed by atoms with Gasteiger partial charge in [-0.1, -0.05) is 72.4 Å². The van der Waals surface area contributed by atoms with E-state index in [1.807, 2.05) is 0 Å². The van der Waals surface area contributed by atoms with Crippen molar-refractivity contribution in [2.24, 2.45) is 0 Å². The van der Waals surface area contributed by atoms with Crippen LogP contribution in [0.25, 0.3) is 0 Å². The highest BCUT2D eigenvalue weighted by Crippen LogP contribution is 2.48. The van der Waals surface area contributed by atoms with Crippen LogP contribution in [0, 0.1) is 0 Å². The van der Waals surface area contributed by atoms with Crippen molar-refractivity contribution in [1.82, 2.24) is 14.7 Å². The molecule has 2 aliphatic rings. The van der Waals surface area contributed by atoms with Crippen molar-refractivity contribution in [3.8, 4) is 5.75 Å². The average molecular weight is 705 g/mol.